The number of nitrogens with zero attached hydrogens (tertiary/aromatic N) is 3. The lowest BCUT2D eigenvalue weighted by Crippen LogP contribution is -2.46. The highest BCUT2D eigenvalue weighted by molar-refractivity contribution is 5.96. The molecule has 0 bridgehead atoms. The number of H-pyrrole nitrogens is 1. The van der Waals surface area contributed by atoms with Crippen LogP contribution in [0.4, 0.5) is 11.5 Å². The largest absolute Gasteiger partial charge is 0.383 e. The molecule has 0 fully saturated rings. The molecule has 0 saturated carbocycles. The average Bonchev–Trinajstić information content (AvgIpc) is 2.84. The van der Waals surface area contributed by atoms with Crippen molar-refractivity contribution < 1.29 is 4.79 Å². The van der Waals surface area contributed by atoms with Gasteiger partial charge in [-0.1, -0.05) is 68.4 Å². The van der Waals surface area contributed by atoms with Gasteiger partial charge >= 0.3 is 5.69 Å². The average molecular weight is 476 g/mol. The second kappa shape index (κ2) is 10.7. The summed E-state index contributed by atoms with van der Waals surface area (Å²) >= 11 is 0. The summed E-state index contributed by atoms with van der Waals surface area (Å²) in [5, 5.41) is 0. The van der Waals surface area contributed by atoms with Crippen LogP contribution in [0.3, 0.4) is 0 Å². The Morgan fingerprint density at radius 3 is 2.46 bits per heavy atom. The number of rotatable bonds is 8. The number of fused-ring (bicyclic) bond motifs is 1. The summed E-state index contributed by atoms with van der Waals surface area (Å²) in [7, 11) is 0. The summed E-state index contributed by atoms with van der Waals surface area (Å²) in [5.41, 5.74) is 8.61. The molecule has 1 aliphatic heterocycles. The second-order valence-corrected chi connectivity index (χ2v) is 9.52. The monoisotopic (exact) mass is 475 g/mol. The van der Waals surface area contributed by atoms with Crippen molar-refractivity contribution in [3.05, 3.63) is 92.1 Å². The molecule has 35 heavy (non-hydrogen) atoms. The van der Waals surface area contributed by atoms with Crippen LogP contribution in [0, 0.1) is 5.92 Å². The fourth-order valence-corrected chi connectivity index (χ4v) is 4.48. The summed E-state index contributed by atoms with van der Waals surface area (Å²) in [6.07, 6.45) is 1.57. The van der Waals surface area contributed by atoms with Crippen LogP contribution >= 0.6 is 0 Å². The molecule has 0 saturated heterocycles. The molecule has 0 spiro atoms. The Balaban J connectivity index is 1.64. The maximum Gasteiger partial charge on any atom is 0.330 e. The standard InChI is InChI=1S/C27H33N5O3/c1-19(2)12-15-31(23(33)18-30-14-13-21-10-6-7-11-22(21)17-30)24-25(28)32(27(35)29-26(24)34)16-20-8-4-3-5-9-20/h3-11,19H,12-18,28H2,1-2H3,(H,29,34,35). The second-order valence-electron chi connectivity index (χ2n) is 9.52. The van der Waals surface area contributed by atoms with E-state index in [1.807, 2.05) is 42.5 Å². The molecule has 0 unspecified atom stereocenters. The van der Waals surface area contributed by atoms with Gasteiger partial charge in [0.25, 0.3) is 5.56 Å². The number of hydrogen-bond donors (Lipinski definition) is 2. The summed E-state index contributed by atoms with van der Waals surface area (Å²) in [4.78, 5) is 45.1. The third kappa shape index (κ3) is 5.71. The summed E-state index contributed by atoms with van der Waals surface area (Å²) in [5.74, 6) is 0.124. The van der Waals surface area contributed by atoms with Gasteiger partial charge in [0, 0.05) is 19.6 Å². The van der Waals surface area contributed by atoms with Gasteiger partial charge in [-0.2, -0.15) is 0 Å². The normalized spacial score (nSPS) is 13.6. The van der Waals surface area contributed by atoms with Gasteiger partial charge in [0.05, 0.1) is 13.1 Å². The van der Waals surface area contributed by atoms with Crippen molar-refractivity contribution in [2.24, 2.45) is 5.92 Å². The van der Waals surface area contributed by atoms with E-state index in [1.54, 1.807) is 0 Å². The molecule has 3 N–H and O–H groups in total. The van der Waals surface area contributed by atoms with Crippen LogP contribution in [-0.2, 0) is 24.3 Å². The topological polar surface area (TPSA) is 104 Å². The first-order chi connectivity index (χ1) is 16.8. The van der Waals surface area contributed by atoms with E-state index in [0.717, 1.165) is 18.5 Å². The summed E-state index contributed by atoms with van der Waals surface area (Å²) in [6.45, 7) is 6.28. The molecule has 1 aromatic heterocycles. The molecule has 184 valence electrons. The van der Waals surface area contributed by atoms with Gasteiger partial charge in [-0.15, -0.1) is 0 Å². The number of aromatic nitrogens is 2. The van der Waals surface area contributed by atoms with Crippen LogP contribution in [0.5, 0.6) is 0 Å². The molecule has 4 rings (SSSR count). The first-order valence-corrected chi connectivity index (χ1v) is 12.1. The van der Waals surface area contributed by atoms with Crippen LogP contribution in [-0.4, -0.2) is 40.0 Å². The van der Waals surface area contributed by atoms with Crippen LogP contribution < -0.4 is 21.9 Å². The van der Waals surface area contributed by atoms with Crippen molar-refractivity contribution in [3.63, 3.8) is 0 Å². The van der Waals surface area contributed by atoms with Crippen LogP contribution in [0.25, 0.3) is 0 Å². The number of benzene rings is 2. The number of nitrogens with two attached hydrogens (primary N) is 1. The molecule has 2 aromatic carbocycles. The van der Waals surface area contributed by atoms with Crippen molar-refractivity contribution >= 4 is 17.4 Å². The molecule has 0 atom stereocenters. The highest BCUT2D eigenvalue weighted by Crippen LogP contribution is 2.22. The van der Waals surface area contributed by atoms with Crippen molar-refractivity contribution in [1.82, 2.24) is 14.5 Å². The van der Waals surface area contributed by atoms with E-state index in [9.17, 15) is 14.4 Å². The van der Waals surface area contributed by atoms with Crippen LogP contribution in [0.2, 0.25) is 0 Å². The van der Waals surface area contributed by atoms with Gasteiger partial charge in [0.15, 0.2) is 5.69 Å². The lowest BCUT2D eigenvalue weighted by atomic mass is 10.00. The van der Waals surface area contributed by atoms with E-state index in [-0.39, 0.29) is 30.5 Å². The Kier molecular flexibility index (Phi) is 7.51. The Labute approximate surface area is 205 Å². The molecule has 2 heterocycles. The fraction of sp³-hybridized carbons (Fsp3) is 0.370. The molecule has 1 aliphatic rings. The lowest BCUT2D eigenvalue weighted by Gasteiger charge is -2.31. The van der Waals surface area contributed by atoms with Crippen molar-refractivity contribution in [3.8, 4) is 0 Å². The number of nitrogen functional groups attached to an aromatic ring is 1. The van der Waals surface area contributed by atoms with Crippen molar-refractivity contribution in [1.29, 1.82) is 0 Å². The highest BCUT2D eigenvalue weighted by Gasteiger charge is 2.27. The third-order valence-electron chi connectivity index (χ3n) is 6.47. The van der Waals surface area contributed by atoms with Crippen molar-refractivity contribution in [2.45, 2.75) is 39.8 Å². The minimum Gasteiger partial charge on any atom is -0.383 e. The van der Waals surface area contributed by atoms with E-state index in [1.165, 1.54) is 20.6 Å². The predicted octanol–water partition coefficient (Wildman–Crippen LogP) is 2.60. The van der Waals surface area contributed by atoms with Gasteiger partial charge in [-0.05, 0) is 35.4 Å². The molecule has 8 nitrogen and oxygen atoms in total. The number of aromatic amines is 1. The SMILES string of the molecule is CC(C)CCN(C(=O)CN1CCc2ccccc2C1)c1c(N)n(Cc2ccccc2)c(=O)[nH]c1=O. The summed E-state index contributed by atoms with van der Waals surface area (Å²) < 4.78 is 1.32. The van der Waals surface area contributed by atoms with E-state index in [4.69, 9.17) is 5.73 Å². The number of hydrogen-bond acceptors (Lipinski definition) is 5. The first kappa shape index (κ1) is 24.5. The van der Waals surface area contributed by atoms with Crippen LogP contribution in [0.15, 0.2) is 64.2 Å². The van der Waals surface area contributed by atoms with Crippen LogP contribution in [0.1, 0.15) is 37.0 Å². The van der Waals surface area contributed by atoms with E-state index in [0.29, 0.717) is 25.4 Å². The molecule has 8 heteroatoms. The Morgan fingerprint density at radius 2 is 1.74 bits per heavy atom. The minimum atomic E-state index is -0.641. The number of anilines is 2. The Morgan fingerprint density at radius 1 is 1.06 bits per heavy atom. The number of amides is 1. The number of carbonyl (C=O) groups is 1. The predicted molar refractivity (Wildman–Crippen MR) is 139 cm³/mol. The molecular weight excluding hydrogens is 442 g/mol. The van der Waals surface area contributed by atoms with Gasteiger partial charge < -0.3 is 10.6 Å². The molecular formula is C27H33N5O3. The maximum absolute atomic E-state index is 13.6. The fourth-order valence-electron chi connectivity index (χ4n) is 4.48. The zero-order valence-electron chi connectivity index (χ0n) is 20.4. The smallest absolute Gasteiger partial charge is 0.330 e. The molecule has 0 aliphatic carbocycles. The highest BCUT2D eigenvalue weighted by atomic mass is 16.2. The zero-order chi connectivity index (χ0) is 24.9. The molecule has 3 aromatic rings. The van der Waals surface area contributed by atoms with Gasteiger partial charge in [-0.3, -0.25) is 24.0 Å². The van der Waals surface area contributed by atoms with Gasteiger partial charge in [0.2, 0.25) is 5.91 Å². The van der Waals surface area contributed by atoms with Gasteiger partial charge in [-0.25, -0.2) is 4.79 Å². The van der Waals surface area contributed by atoms with Gasteiger partial charge in [0.1, 0.15) is 5.82 Å². The van der Waals surface area contributed by atoms with E-state index in [2.05, 4.69) is 35.9 Å². The van der Waals surface area contributed by atoms with Crippen molar-refractivity contribution in [2.75, 3.05) is 30.3 Å². The third-order valence-corrected chi connectivity index (χ3v) is 6.47. The Bertz CT molecular complexity index is 1300. The first-order valence-electron chi connectivity index (χ1n) is 12.1. The number of nitrogens with one attached hydrogen (secondary N) is 1. The number of carbonyl (C=O) groups excluding carboxylic acids is 1. The summed E-state index contributed by atoms with van der Waals surface area (Å²) in [6, 6.07) is 17.7. The quantitative estimate of drug-likeness (QED) is 0.521. The molecule has 1 amide bonds. The maximum atomic E-state index is 13.6. The van der Waals surface area contributed by atoms with E-state index >= 15 is 0 Å². The molecule has 0 radical (unpaired) electrons. The Hall–Kier alpha value is -3.65. The minimum absolute atomic E-state index is 0.00342. The zero-order valence-corrected chi connectivity index (χ0v) is 20.4. The lowest BCUT2D eigenvalue weighted by molar-refractivity contribution is -0.120. The van der Waals surface area contributed by atoms with E-state index < -0.39 is 11.2 Å².